The monoisotopic (exact) mass is 444 g/mol. The molecule has 0 aliphatic rings. The number of amides is 1. The molecule has 6 nitrogen and oxygen atoms in total. The van der Waals surface area contributed by atoms with Gasteiger partial charge in [-0.2, -0.15) is 4.31 Å². The van der Waals surface area contributed by atoms with Gasteiger partial charge in [0.2, 0.25) is 10.0 Å². The molecule has 2 aromatic carbocycles. The van der Waals surface area contributed by atoms with Gasteiger partial charge in [-0.25, -0.2) is 8.42 Å². The van der Waals surface area contributed by atoms with Gasteiger partial charge in [0.05, 0.1) is 15.5 Å². The van der Waals surface area contributed by atoms with Gasteiger partial charge >= 0.3 is 0 Å². The van der Waals surface area contributed by atoms with Crippen LogP contribution in [-0.4, -0.2) is 31.7 Å². The van der Waals surface area contributed by atoms with E-state index < -0.39 is 10.0 Å². The first-order valence-corrected chi connectivity index (χ1v) is 11.9. The van der Waals surface area contributed by atoms with Gasteiger partial charge in [-0.3, -0.25) is 4.79 Å². The Morgan fingerprint density at radius 2 is 1.77 bits per heavy atom. The highest BCUT2D eigenvalue weighted by atomic mass is 32.2. The van der Waals surface area contributed by atoms with Crippen LogP contribution in [0.15, 0.2) is 64.9 Å². The first-order chi connectivity index (χ1) is 14.4. The van der Waals surface area contributed by atoms with Crippen LogP contribution in [0, 0.1) is 6.92 Å². The van der Waals surface area contributed by atoms with Crippen LogP contribution in [0.3, 0.4) is 0 Å². The summed E-state index contributed by atoms with van der Waals surface area (Å²) in [5, 5.41) is 4.67. The number of hydrogen-bond acceptors (Lipinski definition) is 5. The van der Waals surface area contributed by atoms with Crippen molar-refractivity contribution in [3.05, 3.63) is 70.4 Å². The lowest BCUT2D eigenvalue weighted by atomic mass is 10.2. The molecule has 0 bridgehead atoms. The number of sulfonamides is 1. The Labute approximate surface area is 181 Å². The highest BCUT2D eigenvalue weighted by molar-refractivity contribution is 7.89. The van der Waals surface area contributed by atoms with E-state index in [1.165, 1.54) is 27.8 Å². The maximum absolute atomic E-state index is 13.0. The van der Waals surface area contributed by atoms with Crippen LogP contribution in [0.25, 0.3) is 0 Å². The molecule has 0 fully saturated rings. The summed E-state index contributed by atoms with van der Waals surface area (Å²) < 4.78 is 33.2. The molecule has 0 aliphatic carbocycles. The van der Waals surface area contributed by atoms with Crippen LogP contribution in [0.1, 0.15) is 29.1 Å². The van der Waals surface area contributed by atoms with Gasteiger partial charge in [-0.05, 0) is 54.3 Å². The largest absolute Gasteiger partial charge is 0.455 e. The van der Waals surface area contributed by atoms with Crippen molar-refractivity contribution in [2.45, 2.75) is 25.7 Å². The number of nitrogens with zero attached hydrogens (tertiary/aromatic N) is 1. The number of ether oxygens (including phenoxy) is 1. The Bertz CT molecular complexity index is 1120. The van der Waals surface area contributed by atoms with Crippen LogP contribution in [0.2, 0.25) is 0 Å². The van der Waals surface area contributed by atoms with E-state index >= 15 is 0 Å². The number of para-hydroxylation sites is 1. The third kappa shape index (κ3) is 4.72. The second-order valence-electron chi connectivity index (χ2n) is 6.55. The second kappa shape index (κ2) is 9.42. The predicted octanol–water partition coefficient (Wildman–Crippen LogP) is 5.13. The maximum atomic E-state index is 13.0. The minimum Gasteiger partial charge on any atom is -0.455 e. The second-order valence-corrected chi connectivity index (χ2v) is 9.40. The molecule has 0 saturated heterocycles. The topological polar surface area (TPSA) is 75.7 Å². The third-order valence-corrected chi connectivity index (χ3v) is 7.64. The quantitative estimate of drug-likeness (QED) is 0.522. The minimum atomic E-state index is -3.68. The lowest BCUT2D eigenvalue weighted by Gasteiger charge is -2.20. The Balaban J connectivity index is 2.02. The first-order valence-electron chi connectivity index (χ1n) is 9.59. The fourth-order valence-electron chi connectivity index (χ4n) is 2.97. The molecule has 0 unspecified atom stereocenters. The number of benzene rings is 2. The van der Waals surface area contributed by atoms with Gasteiger partial charge < -0.3 is 10.1 Å². The van der Waals surface area contributed by atoms with E-state index in [0.717, 1.165) is 5.56 Å². The van der Waals surface area contributed by atoms with Crippen molar-refractivity contribution in [1.82, 2.24) is 4.31 Å². The smallest absolute Gasteiger partial charge is 0.266 e. The van der Waals surface area contributed by atoms with Gasteiger partial charge in [0.15, 0.2) is 5.75 Å². The van der Waals surface area contributed by atoms with E-state index in [4.69, 9.17) is 4.74 Å². The summed E-state index contributed by atoms with van der Waals surface area (Å²) in [7, 11) is -3.68. The Morgan fingerprint density at radius 3 is 2.37 bits per heavy atom. The molecule has 1 N–H and O–H groups in total. The number of hydrogen-bond donors (Lipinski definition) is 1. The van der Waals surface area contributed by atoms with Gasteiger partial charge in [0.25, 0.3) is 5.91 Å². The first kappa shape index (κ1) is 22.0. The Hall–Kier alpha value is -2.68. The lowest BCUT2D eigenvalue weighted by Crippen LogP contribution is -2.30. The van der Waals surface area contributed by atoms with Gasteiger partial charge in [0, 0.05) is 13.1 Å². The summed E-state index contributed by atoms with van der Waals surface area (Å²) >= 11 is 1.33. The minimum absolute atomic E-state index is 0.102. The Morgan fingerprint density at radius 1 is 1.07 bits per heavy atom. The molecule has 158 valence electrons. The van der Waals surface area contributed by atoms with Crippen LogP contribution < -0.4 is 10.1 Å². The number of anilines is 1. The molecule has 0 atom stereocenters. The SMILES string of the molecule is CCN(CC)S(=O)(=O)c1ccc(Oc2ccccc2)c(NC(=O)c2sccc2C)c1. The van der Waals surface area contributed by atoms with Gasteiger partial charge in [-0.15, -0.1) is 11.3 Å². The zero-order valence-electron chi connectivity index (χ0n) is 17.1. The van der Waals surface area contributed by atoms with Crippen molar-refractivity contribution < 1.29 is 17.9 Å². The van der Waals surface area contributed by atoms with Crippen molar-refractivity contribution in [2.75, 3.05) is 18.4 Å². The summed E-state index contributed by atoms with van der Waals surface area (Å²) in [4.78, 5) is 13.5. The summed E-state index contributed by atoms with van der Waals surface area (Å²) in [6, 6.07) is 15.5. The standard InChI is InChI=1S/C22H24N2O4S2/c1-4-24(5-2)30(26,27)18-11-12-20(28-17-9-7-6-8-10-17)19(15-18)23-22(25)21-16(3)13-14-29-21/h6-15H,4-5H2,1-3H3,(H,23,25). The normalized spacial score (nSPS) is 11.5. The van der Waals surface area contributed by atoms with E-state index in [0.29, 0.717) is 35.2 Å². The summed E-state index contributed by atoms with van der Waals surface area (Å²) in [6.45, 7) is 6.15. The predicted molar refractivity (Wildman–Crippen MR) is 120 cm³/mol. The molecule has 8 heteroatoms. The zero-order chi connectivity index (χ0) is 21.7. The van der Waals surface area contributed by atoms with E-state index in [1.807, 2.05) is 36.6 Å². The summed E-state index contributed by atoms with van der Waals surface area (Å²) in [6.07, 6.45) is 0. The molecule has 30 heavy (non-hydrogen) atoms. The van der Waals surface area contributed by atoms with E-state index in [2.05, 4.69) is 5.32 Å². The average molecular weight is 445 g/mol. The van der Waals surface area contributed by atoms with Gasteiger partial charge in [0.1, 0.15) is 5.75 Å². The molecule has 3 aromatic rings. The van der Waals surface area contributed by atoms with Crippen LogP contribution >= 0.6 is 11.3 Å². The molecule has 3 rings (SSSR count). The molecule has 0 radical (unpaired) electrons. The average Bonchev–Trinajstić information content (AvgIpc) is 3.16. The van der Waals surface area contributed by atoms with E-state index in [1.54, 1.807) is 32.0 Å². The molecule has 0 aliphatic heterocycles. The highest BCUT2D eigenvalue weighted by Gasteiger charge is 2.24. The fourth-order valence-corrected chi connectivity index (χ4v) is 5.27. The fraction of sp³-hybridized carbons (Fsp3) is 0.227. The van der Waals surface area contributed by atoms with Crippen LogP contribution in [-0.2, 0) is 10.0 Å². The number of carbonyl (C=O) groups excluding carboxylic acids is 1. The van der Waals surface area contributed by atoms with Gasteiger partial charge in [-0.1, -0.05) is 32.0 Å². The van der Waals surface area contributed by atoms with Crippen molar-refractivity contribution in [3.63, 3.8) is 0 Å². The number of carbonyl (C=O) groups is 1. The summed E-state index contributed by atoms with van der Waals surface area (Å²) in [5.41, 5.74) is 1.15. The molecular formula is C22H24N2O4S2. The van der Waals surface area contributed by atoms with Crippen LogP contribution in [0.4, 0.5) is 5.69 Å². The zero-order valence-corrected chi connectivity index (χ0v) is 18.7. The summed E-state index contributed by atoms with van der Waals surface area (Å²) in [5.74, 6) is 0.639. The Kier molecular flexibility index (Phi) is 6.91. The maximum Gasteiger partial charge on any atom is 0.266 e. The van der Waals surface area contributed by atoms with Crippen molar-refractivity contribution in [2.24, 2.45) is 0 Å². The number of thiophene rings is 1. The van der Waals surface area contributed by atoms with E-state index in [-0.39, 0.29) is 10.8 Å². The highest BCUT2D eigenvalue weighted by Crippen LogP contribution is 2.33. The molecule has 0 saturated carbocycles. The number of nitrogens with one attached hydrogen (secondary N) is 1. The van der Waals surface area contributed by atoms with E-state index in [9.17, 15) is 13.2 Å². The molecule has 1 heterocycles. The van der Waals surface area contributed by atoms with Crippen LogP contribution in [0.5, 0.6) is 11.5 Å². The molecule has 1 amide bonds. The van der Waals surface area contributed by atoms with Crippen molar-refractivity contribution in [1.29, 1.82) is 0 Å². The third-order valence-electron chi connectivity index (χ3n) is 4.58. The molecule has 0 spiro atoms. The van der Waals surface area contributed by atoms with Crippen molar-refractivity contribution >= 4 is 33.0 Å². The molecule has 1 aromatic heterocycles. The number of aryl methyl sites for hydroxylation is 1. The van der Waals surface area contributed by atoms with Crippen molar-refractivity contribution in [3.8, 4) is 11.5 Å². The lowest BCUT2D eigenvalue weighted by molar-refractivity contribution is 0.102. The number of rotatable bonds is 8. The molecular weight excluding hydrogens is 420 g/mol.